The monoisotopic (exact) mass is 418 g/mol. The van der Waals surface area contributed by atoms with Gasteiger partial charge in [-0.2, -0.15) is 5.10 Å². The van der Waals surface area contributed by atoms with E-state index in [-0.39, 0.29) is 0 Å². The number of nitrogens with zero attached hydrogens (tertiary/aromatic N) is 2. The Labute approximate surface area is 174 Å². The molecule has 0 saturated carbocycles. The Morgan fingerprint density at radius 2 is 1.78 bits per heavy atom. The number of rotatable bonds is 4. The summed E-state index contributed by atoms with van der Waals surface area (Å²) in [6.07, 6.45) is 0. The standard InChI is InChI=1S/C20H20Cl2N4S/c1-12-4-5-13(2)18(8-12)23-20(27)24-19-9-14(3)26(25-19)11-15-6-7-16(21)17(22)10-15/h4-10H,11H2,1-3H3,(H2,23,24,25,27). The summed E-state index contributed by atoms with van der Waals surface area (Å²) in [6.45, 7) is 6.69. The summed E-state index contributed by atoms with van der Waals surface area (Å²) in [6, 6.07) is 13.7. The number of aryl methyl sites for hydroxylation is 3. The molecule has 2 aromatic carbocycles. The maximum atomic E-state index is 6.10. The number of hydrogen-bond donors (Lipinski definition) is 2. The zero-order valence-corrected chi connectivity index (χ0v) is 17.6. The van der Waals surface area contributed by atoms with Gasteiger partial charge >= 0.3 is 0 Å². The van der Waals surface area contributed by atoms with E-state index in [1.165, 1.54) is 5.56 Å². The fraction of sp³-hybridized carbons (Fsp3) is 0.200. The molecule has 0 aliphatic carbocycles. The third kappa shape index (κ3) is 5.01. The molecular weight excluding hydrogens is 399 g/mol. The molecular formula is C20H20Cl2N4S. The molecule has 7 heteroatoms. The number of thiocarbonyl (C=S) groups is 1. The minimum atomic E-state index is 0.503. The highest BCUT2D eigenvalue weighted by atomic mass is 35.5. The molecule has 0 spiro atoms. The van der Waals surface area contributed by atoms with E-state index in [0.29, 0.717) is 27.5 Å². The van der Waals surface area contributed by atoms with E-state index in [2.05, 4.69) is 40.9 Å². The van der Waals surface area contributed by atoms with Crippen LogP contribution in [0.1, 0.15) is 22.4 Å². The van der Waals surface area contributed by atoms with Crippen LogP contribution in [-0.2, 0) is 6.54 Å². The molecule has 0 atom stereocenters. The second-order valence-corrected chi connectivity index (χ2v) is 7.70. The van der Waals surface area contributed by atoms with Crippen LogP contribution >= 0.6 is 35.4 Å². The summed E-state index contributed by atoms with van der Waals surface area (Å²) in [5.74, 6) is 0.690. The van der Waals surface area contributed by atoms with Gasteiger partial charge in [-0.25, -0.2) is 0 Å². The zero-order valence-electron chi connectivity index (χ0n) is 15.3. The zero-order chi connectivity index (χ0) is 19.6. The summed E-state index contributed by atoms with van der Waals surface area (Å²) >= 11 is 17.5. The fourth-order valence-corrected chi connectivity index (χ4v) is 3.22. The highest BCUT2D eigenvalue weighted by molar-refractivity contribution is 7.80. The number of anilines is 2. The number of aromatic nitrogens is 2. The van der Waals surface area contributed by atoms with Crippen molar-refractivity contribution in [3.05, 3.63) is 74.9 Å². The second-order valence-electron chi connectivity index (χ2n) is 6.47. The van der Waals surface area contributed by atoms with Gasteiger partial charge in [-0.15, -0.1) is 0 Å². The summed E-state index contributed by atoms with van der Waals surface area (Å²) in [5, 5.41) is 12.5. The molecule has 140 valence electrons. The number of hydrogen-bond acceptors (Lipinski definition) is 2. The molecule has 0 aliphatic heterocycles. The van der Waals surface area contributed by atoms with Crippen LogP contribution in [0.15, 0.2) is 42.5 Å². The van der Waals surface area contributed by atoms with Crippen LogP contribution in [0.4, 0.5) is 11.5 Å². The summed E-state index contributed by atoms with van der Waals surface area (Å²) in [5.41, 5.74) is 5.33. The minimum absolute atomic E-state index is 0.503. The van der Waals surface area contributed by atoms with Gasteiger partial charge in [0.2, 0.25) is 0 Å². The molecule has 27 heavy (non-hydrogen) atoms. The molecule has 1 heterocycles. The lowest BCUT2D eigenvalue weighted by atomic mass is 10.1. The maximum absolute atomic E-state index is 6.10. The average molecular weight is 419 g/mol. The van der Waals surface area contributed by atoms with Crippen molar-refractivity contribution in [2.24, 2.45) is 0 Å². The van der Waals surface area contributed by atoms with E-state index in [1.54, 1.807) is 6.07 Å². The Balaban J connectivity index is 1.69. The topological polar surface area (TPSA) is 41.9 Å². The molecule has 0 unspecified atom stereocenters. The molecule has 0 bridgehead atoms. The Bertz CT molecular complexity index is 998. The molecule has 4 nitrogen and oxygen atoms in total. The predicted octanol–water partition coefficient (Wildman–Crippen LogP) is 5.97. The van der Waals surface area contributed by atoms with Gasteiger partial charge in [0.05, 0.1) is 16.6 Å². The van der Waals surface area contributed by atoms with Gasteiger partial charge < -0.3 is 10.6 Å². The van der Waals surface area contributed by atoms with Gasteiger partial charge in [0, 0.05) is 17.4 Å². The van der Waals surface area contributed by atoms with Crippen molar-refractivity contribution in [1.29, 1.82) is 0 Å². The first-order chi connectivity index (χ1) is 12.8. The van der Waals surface area contributed by atoms with Crippen LogP contribution in [0.5, 0.6) is 0 Å². The maximum Gasteiger partial charge on any atom is 0.176 e. The van der Waals surface area contributed by atoms with Crippen molar-refractivity contribution in [3.63, 3.8) is 0 Å². The first-order valence-corrected chi connectivity index (χ1v) is 9.62. The first-order valence-electron chi connectivity index (χ1n) is 8.45. The molecule has 0 radical (unpaired) electrons. The lowest BCUT2D eigenvalue weighted by Crippen LogP contribution is -2.20. The van der Waals surface area contributed by atoms with Crippen molar-refractivity contribution >= 4 is 52.0 Å². The second kappa shape index (κ2) is 8.30. The molecule has 1 aromatic heterocycles. The van der Waals surface area contributed by atoms with E-state index in [9.17, 15) is 0 Å². The van der Waals surface area contributed by atoms with E-state index in [1.807, 2.05) is 36.7 Å². The average Bonchev–Trinajstić information content (AvgIpc) is 2.93. The Kier molecular flexibility index (Phi) is 6.05. The van der Waals surface area contributed by atoms with Crippen molar-refractivity contribution in [2.75, 3.05) is 10.6 Å². The highest BCUT2D eigenvalue weighted by Gasteiger charge is 2.09. The quantitative estimate of drug-likeness (QED) is 0.511. The molecule has 0 aliphatic rings. The normalized spacial score (nSPS) is 10.7. The Morgan fingerprint density at radius 1 is 1.00 bits per heavy atom. The Hall–Kier alpha value is -2.08. The van der Waals surface area contributed by atoms with Crippen LogP contribution in [0.2, 0.25) is 10.0 Å². The number of benzene rings is 2. The third-order valence-electron chi connectivity index (χ3n) is 4.18. The summed E-state index contributed by atoms with van der Waals surface area (Å²) in [7, 11) is 0. The van der Waals surface area contributed by atoms with Crippen molar-refractivity contribution in [3.8, 4) is 0 Å². The molecule has 0 fully saturated rings. The Morgan fingerprint density at radius 3 is 2.52 bits per heavy atom. The van der Waals surface area contributed by atoms with E-state index in [4.69, 9.17) is 35.4 Å². The van der Waals surface area contributed by atoms with Gasteiger partial charge in [0.1, 0.15) is 0 Å². The highest BCUT2D eigenvalue weighted by Crippen LogP contribution is 2.23. The van der Waals surface area contributed by atoms with E-state index < -0.39 is 0 Å². The molecule has 3 rings (SSSR count). The van der Waals surface area contributed by atoms with Crippen molar-refractivity contribution in [2.45, 2.75) is 27.3 Å². The van der Waals surface area contributed by atoms with Crippen LogP contribution in [0.3, 0.4) is 0 Å². The molecule has 2 N–H and O–H groups in total. The van der Waals surface area contributed by atoms with Crippen LogP contribution < -0.4 is 10.6 Å². The largest absolute Gasteiger partial charge is 0.332 e. The molecule has 0 amide bonds. The van der Waals surface area contributed by atoms with E-state index in [0.717, 1.165) is 22.5 Å². The minimum Gasteiger partial charge on any atom is -0.332 e. The van der Waals surface area contributed by atoms with Crippen LogP contribution in [0, 0.1) is 20.8 Å². The van der Waals surface area contributed by atoms with Crippen LogP contribution in [-0.4, -0.2) is 14.9 Å². The van der Waals surface area contributed by atoms with Gasteiger partial charge in [-0.05, 0) is 67.9 Å². The third-order valence-corrected chi connectivity index (χ3v) is 5.12. The van der Waals surface area contributed by atoms with E-state index >= 15 is 0 Å². The van der Waals surface area contributed by atoms with Gasteiger partial charge in [-0.1, -0.05) is 41.4 Å². The van der Waals surface area contributed by atoms with Crippen LogP contribution in [0.25, 0.3) is 0 Å². The van der Waals surface area contributed by atoms with Gasteiger partial charge in [-0.3, -0.25) is 4.68 Å². The van der Waals surface area contributed by atoms with Crippen molar-refractivity contribution in [1.82, 2.24) is 9.78 Å². The number of nitrogens with one attached hydrogen (secondary N) is 2. The summed E-state index contributed by atoms with van der Waals surface area (Å²) in [4.78, 5) is 0. The lowest BCUT2D eigenvalue weighted by molar-refractivity contribution is 0.668. The lowest BCUT2D eigenvalue weighted by Gasteiger charge is -2.12. The predicted molar refractivity (Wildman–Crippen MR) is 118 cm³/mol. The molecule has 0 saturated heterocycles. The fourth-order valence-electron chi connectivity index (χ4n) is 2.68. The smallest absolute Gasteiger partial charge is 0.176 e. The van der Waals surface area contributed by atoms with Crippen molar-refractivity contribution < 1.29 is 0 Å². The SMILES string of the molecule is Cc1ccc(C)c(NC(=S)Nc2cc(C)n(Cc3ccc(Cl)c(Cl)c3)n2)c1. The van der Waals surface area contributed by atoms with Gasteiger partial charge in [0.25, 0.3) is 0 Å². The molecule has 3 aromatic rings. The summed E-state index contributed by atoms with van der Waals surface area (Å²) < 4.78 is 1.89. The first kappa shape index (κ1) is 19.7. The number of halogens is 2. The van der Waals surface area contributed by atoms with Gasteiger partial charge in [0.15, 0.2) is 10.9 Å².